The number of carboxylic acids is 1. The van der Waals surface area contributed by atoms with Crippen molar-refractivity contribution in [1.29, 1.82) is 0 Å². The van der Waals surface area contributed by atoms with Gasteiger partial charge in [-0.05, 0) is 23.6 Å². The second-order valence-electron chi connectivity index (χ2n) is 8.88. The molecule has 41 heavy (non-hydrogen) atoms. The quantitative estimate of drug-likeness (QED) is 0.236. The van der Waals surface area contributed by atoms with E-state index in [4.69, 9.17) is 21.3 Å². The van der Waals surface area contributed by atoms with E-state index in [0.29, 0.717) is 11.1 Å². The number of alkyl halides is 6. The van der Waals surface area contributed by atoms with Gasteiger partial charge in [-0.1, -0.05) is 48.5 Å². The fourth-order valence-corrected chi connectivity index (χ4v) is 3.96. The first-order chi connectivity index (χ1) is 19.2. The summed E-state index contributed by atoms with van der Waals surface area (Å²) < 4.78 is 87.5. The lowest BCUT2D eigenvalue weighted by molar-refractivity contribution is -0.198. The minimum atomic E-state index is -4.93. The van der Waals surface area contributed by atoms with Crippen molar-refractivity contribution in [2.45, 2.75) is 30.9 Å². The molecular weight excluding hydrogens is 556 g/mol. The van der Waals surface area contributed by atoms with Crippen molar-refractivity contribution < 1.29 is 41.0 Å². The highest BCUT2D eigenvalue weighted by Gasteiger charge is 2.43. The molecule has 0 fully saturated rings. The van der Waals surface area contributed by atoms with Crippen LogP contribution in [-0.2, 0) is 17.4 Å². The van der Waals surface area contributed by atoms with Gasteiger partial charge in [-0.15, -0.1) is 0 Å². The maximum Gasteiger partial charge on any atom is 0.429 e. The Bertz CT molecular complexity index is 1530. The first-order valence-corrected chi connectivity index (χ1v) is 11.8. The minimum absolute atomic E-state index is 0.0106. The number of aromatic nitrogens is 3. The standard InChI is InChI=1S/C27H21F6N5O3/c28-26(29,30)19-9-10-36-13-18(19)15-5-7-17(8-6-15)23(27(31,32)33)41-22-12-21(37-25(35)38-22)16-3-1-14(2-4-16)11-20(34)24(39)40/h1-10,12-13,20,23H,11,34H2,(H,39,40)(H2,35,37,38)/t20?,23-/m0/s1. The monoisotopic (exact) mass is 577 g/mol. The lowest BCUT2D eigenvalue weighted by atomic mass is 9.99. The number of pyridine rings is 1. The number of anilines is 1. The van der Waals surface area contributed by atoms with Crippen LogP contribution in [0.5, 0.6) is 5.88 Å². The summed E-state index contributed by atoms with van der Waals surface area (Å²) in [7, 11) is 0. The predicted molar refractivity (Wildman–Crippen MR) is 135 cm³/mol. The van der Waals surface area contributed by atoms with Crippen molar-refractivity contribution in [1.82, 2.24) is 15.0 Å². The fourth-order valence-electron chi connectivity index (χ4n) is 3.96. The summed E-state index contributed by atoms with van der Waals surface area (Å²) in [5, 5.41) is 8.96. The average Bonchev–Trinajstić information content (AvgIpc) is 2.91. The van der Waals surface area contributed by atoms with E-state index in [1.807, 2.05) is 0 Å². The van der Waals surface area contributed by atoms with Crippen molar-refractivity contribution in [3.05, 3.63) is 89.7 Å². The number of nitrogen functional groups attached to an aromatic ring is 1. The van der Waals surface area contributed by atoms with Crippen LogP contribution in [0, 0.1) is 0 Å². The van der Waals surface area contributed by atoms with Crippen LogP contribution in [-0.4, -0.2) is 38.2 Å². The molecule has 14 heteroatoms. The number of halogens is 6. The van der Waals surface area contributed by atoms with Gasteiger partial charge in [-0.25, -0.2) is 4.98 Å². The highest BCUT2D eigenvalue weighted by atomic mass is 19.4. The first kappa shape index (κ1) is 29.3. The number of hydrogen-bond donors (Lipinski definition) is 3. The molecule has 0 aliphatic rings. The van der Waals surface area contributed by atoms with E-state index in [1.165, 1.54) is 0 Å². The van der Waals surface area contributed by atoms with Crippen LogP contribution in [0.2, 0.25) is 0 Å². The molecule has 0 spiro atoms. The largest absolute Gasteiger partial charge is 0.480 e. The molecule has 2 aromatic heterocycles. The summed E-state index contributed by atoms with van der Waals surface area (Å²) in [6.07, 6.45) is -10.1. The van der Waals surface area contributed by atoms with Crippen molar-refractivity contribution in [3.63, 3.8) is 0 Å². The zero-order valence-corrected chi connectivity index (χ0v) is 20.8. The van der Waals surface area contributed by atoms with Crippen LogP contribution in [0.3, 0.4) is 0 Å². The Morgan fingerprint density at radius 1 is 0.927 bits per heavy atom. The van der Waals surface area contributed by atoms with Crippen molar-refractivity contribution in [2.24, 2.45) is 5.73 Å². The molecule has 4 aromatic rings. The molecule has 1 unspecified atom stereocenters. The third kappa shape index (κ3) is 7.08. The van der Waals surface area contributed by atoms with Gasteiger partial charge in [-0.2, -0.15) is 31.3 Å². The molecule has 0 radical (unpaired) electrons. The molecular formula is C27H21F6N5O3. The second-order valence-corrected chi connectivity index (χ2v) is 8.88. The number of nitrogens with two attached hydrogens (primary N) is 2. The van der Waals surface area contributed by atoms with Gasteiger partial charge >= 0.3 is 18.3 Å². The van der Waals surface area contributed by atoms with E-state index >= 15 is 0 Å². The molecule has 8 nitrogen and oxygen atoms in total. The van der Waals surface area contributed by atoms with Crippen molar-refractivity contribution in [3.8, 4) is 28.3 Å². The SMILES string of the molecule is Nc1nc(O[C@@H](c2ccc(-c3cnccc3C(F)(F)F)cc2)C(F)(F)F)cc(-c2ccc(CC(N)C(=O)O)cc2)n1. The maximum absolute atomic E-state index is 14.1. The molecule has 0 bridgehead atoms. The molecule has 214 valence electrons. The third-order valence-electron chi connectivity index (χ3n) is 5.93. The van der Waals surface area contributed by atoms with Crippen LogP contribution >= 0.6 is 0 Å². The smallest absolute Gasteiger partial charge is 0.429 e. The van der Waals surface area contributed by atoms with Crippen LogP contribution < -0.4 is 16.2 Å². The Morgan fingerprint density at radius 3 is 2.15 bits per heavy atom. The Hall–Kier alpha value is -4.72. The highest BCUT2D eigenvalue weighted by molar-refractivity contribution is 5.73. The zero-order chi connectivity index (χ0) is 29.9. The summed E-state index contributed by atoms with van der Waals surface area (Å²) in [5.41, 5.74) is 10.8. The van der Waals surface area contributed by atoms with E-state index in [9.17, 15) is 31.1 Å². The van der Waals surface area contributed by atoms with E-state index in [-0.39, 0.29) is 29.2 Å². The molecule has 0 aliphatic heterocycles. The number of carboxylic acid groups (broad SMARTS) is 1. The normalized spacial score (nSPS) is 13.4. The Kier molecular flexibility index (Phi) is 8.14. The summed E-state index contributed by atoms with van der Waals surface area (Å²) in [6, 6.07) is 11.3. The Morgan fingerprint density at radius 2 is 1.56 bits per heavy atom. The van der Waals surface area contributed by atoms with Gasteiger partial charge in [0.25, 0.3) is 0 Å². The molecule has 2 aromatic carbocycles. The number of benzene rings is 2. The van der Waals surface area contributed by atoms with Gasteiger partial charge in [0.1, 0.15) is 6.04 Å². The number of rotatable bonds is 8. The van der Waals surface area contributed by atoms with Crippen LogP contribution in [0.1, 0.15) is 22.8 Å². The van der Waals surface area contributed by atoms with Gasteiger partial charge in [0.05, 0.1) is 11.3 Å². The Labute approximate surface area is 228 Å². The fraction of sp³-hybridized carbons (Fsp3) is 0.185. The molecule has 0 saturated carbocycles. The number of ether oxygens (including phenoxy) is 1. The number of carbonyl (C=O) groups is 1. The Balaban J connectivity index is 1.61. The number of aliphatic carboxylic acids is 1. The number of hydrogen-bond acceptors (Lipinski definition) is 7. The molecule has 0 amide bonds. The first-order valence-electron chi connectivity index (χ1n) is 11.8. The summed E-state index contributed by atoms with van der Waals surface area (Å²) in [6.45, 7) is 0. The van der Waals surface area contributed by atoms with Crippen molar-refractivity contribution in [2.75, 3.05) is 5.73 Å². The summed E-state index contributed by atoms with van der Waals surface area (Å²) >= 11 is 0. The number of nitrogens with zero attached hydrogens (tertiary/aromatic N) is 3. The van der Waals surface area contributed by atoms with E-state index in [2.05, 4.69) is 15.0 Å². The van der Waals surface area contributed by atoms with E-state index in [1.54, 1.807) is 24.3 Å². The van der Waals surface area contributed by atoms with Gasteiger partial charge in [0.2, 0.25) is 17.9 Å². The molecule has 5 N–H and O–H groups in total. The van der Waals surface area contributed by atoms with Gasteiger partial charge in [-0.3, -0.25) is 9.78 Å². The zero-order valence-electron chi connectivity index (χ0n) is 20.8. The molecule has 2 atom stereocenters. The molecule has 0 saturated heterocycles. The van der Waals surface area contributed by atoms with Gasteiger partial charge < -0.3 is 21.3 Å². The second kappa shape index (κ2) is 11.4. The summed E-state index contributed by atoms with van der Waals surface area (Å²) in [4.78, 5) is 22.4. The average molecular weight is 577 g/mol. The predicted octanol–water partition coefficient (Wildman–Crippen LogP) is 5.44. The topological polar surface area (TPSA) is 137 Å². The van der Waals surface area contributed by atoms with E-state index < -0.39 is 47.5 Å². The van der Waals surface area contributed by atoms with Crippen LogP contribution in [0.4, 0.5) is 32.3 Å². The van der Waals surface area contributed by atoms with E-state index in [0.717, 1.165) is 48.8 Å². The summed E-state index contributed by atoms with van der Waals surface area (Å²) in [5.74, 6) is -2.04. The molecule has 2 heterocycles. The lowest BCUT2D eigenvalue weighted by Crippen LogP contribution is -2.32. The lowest BCUT2D eigenvalue weighted by Gasteiger charge is -2.22. The molecule has 0 aliphatic carbocycles. The van der Waals surface area contributed by atoms with Crippen molar-refractivity contribution >= 4 is 11.9 Å². The van der Waals surface area contributed by atoms with Gasteiger partial charge in [0, 0.05) is 35.2 Å². The minimum Gasteiger partial charge on any atom is -0.480 e. The highest BCUT2D eigenvalue weighted by Crippen LogP contribution is 2.40. The van der Waals surface area contributed by atoms with Crippen LogP contribution in [0.15, 0.2) is 73.1 Å². The molecule has 4 rings (SSSR count). The van der Waals surface area contributed by atoms with Crippen LogP contribution in [0.25, 0.3) is 22.4 Å². The third-order valence-corrected chi connectivity index (χ3v) is 5.93. The van der Waals surface area contributed by atoms with Gasteiger partial charge in [0.15, 0.2) is 0 Å². The maximum atomic E-state index is 14.1.